The minimum atomic E-state index is 0.879. The monoisotopic (exact) mass is 248 g/mol. The first-order valence-corrected chi connectivity index (χ1v) is 6.22. The molecule has 0 fully saturated rings. The van der Waals surface area contributed by atoms with Crippen LogP contribution in [-0.4, -0.2) is 18.7 Å². The van der Waals surface area contributed by atoms with E-state index in [-0.39, 0.29) is 0 Å². The minimum Gasteiger partial charge on any atom is -0.497 e. The van der Waals surface area contributed by atoms with E-state index in [0.717, 1.165) is 10.6 Å². The molecule has 1 aromatic heterocycles. The summed E-state index contributed by atoms with van der Waals surface area (Å²) in [7, 11) is 5.55. The summed E-state index contributed by atoms with van der Waals surface area (Å²) in [6, 6.07) is 8.12. The van der Waals surface area contributed by atoms with Crippen LogP contribution in [0.3, 0.4) is 0 Å². The lowest BCUT2D eigenvalue weighted by Crippen LogP contribution is -2.10. The lowest BCUT2D eigenvalue weighted by Gasteiger charge is -2.06. The number of aromatic nitrogens is 1. The third kappa shape index (κ3) is 2.13. The first-order chi connectivity index (χ1) is 8.17. The number of hydrogen-bond donors (Lipinski definition) is 0. The van der Waals surface area contributed by atoms with Gasteiger partial charge < -0.3 is 9.30 Å². The molecule has 0 aliphatic heterocycles. The molecule has 3 nitrogen and oxygen atoms in total. The highest BCUT2D eigenvalue weighted by molar-refractivity contribution is 7.09. The lowest BCUT2D eigenvalue weighted by atomic mass is 10.1. The highest BCUT2D eigenvalue weighted by atomic mass is 32.1. The van der Waals surface area contributed by atoms with Gasteiger partial charge >= 0.3 is 0 Å². The van der Waals surface area contributed by atoms with Gasteiger partial charge in [-0.05, 0) is 36.8 Å². The van der Waals surface area contributed by atoms with E-state index < -0.39 is 0 Å². The second-order valence-corrected chi connectivity index (χ2v) is 4.98. The Labute approximate surface area is 105 Å². The van der Waals surface area contributed by atoms with Crippen molar-refractivity contribution in [1.82, 2.24) is 4.57 Å². The zero-order valence-electron chi connectivity index (χ0n) is 10.5. The molecular weight excluding hydrogens is 232 g/mol. The van der Waals surface area contributed by atoms with Crippen molar-refractivity contribution < 1.29 is 4.74 Å². The lowest BCUT2D eigenvalue weighted by molar-refractivity contribution is 0.415. The van der Waals surface area contributed by atoms with Crippen LogP contribution < -0.4 is 9.54 Å². The third-order valence-corrected chi connectivity index (χ3v) is 3.89. The van der Waals surface area contributed by atoms with Crippen molar-refractivity contribution >= 4 is 11.3 Å². The van der Waals surface area contributed by atoms with E-state index in [4.69, 9.17) is 4.74 Å². The molecule has 0 unspecified atom stereocenters. The number of nitrogens with zero attached hydrogens (tertiary/aromatic N) is 2. The molecule has 1 aromatic carbocycles. The molecule has 0 spiro atoms. The van der Waals surface area contributed by atoms with Crippen LogP contribution in [0.4, 0.5) is 0 Å². The van der Waals surface area contributed by atoms with Crippen LogP contribution in [0, 0.1) is 6.92 Å². The van der Waals surface area contributed by atoms with E-state index in [0.29, 0.717) is 0 Å². The van der Waals surface area contributed by atoms with Gasteiger partial charge in [0.15, 0.2) is 4.80 Å². The van der Waals surface area contributed by atoms with Gasteiger partial charge in [-0.1, -0.05) is 0 Å². The summed E-state index contributed by atoms with van der Waals surface area (Å²) in [5, 5.41) is 0. The molecule has 2 rings (SSSR count). The molecule has 0 aliphatic carbocycles. The van der Waals surface area contributed by atoms with Gasteiger partial charge in [0.1, 0.15) is 5.75 Å². The zero-order valence-corrected chi connectivity index (χ0v) is 11.3. The fourth-order valence-electron chi connectivity index (χ4n) is 1.93. The van der Waals surface area contributed by atoms with Gasteiger partial charge in [0.2, 0.25) is 0 Å². The van der Waals surface area contributed by atoms with Crippen molar-refractivity contribution in [2.24, 2.45) is 12.0 Å². The van der Waals surface area contributed by atoms with Crippen LogP contribution in [0.15, 0.2) is 29.3 Å². The Kier molecular flexibility index (Phi) is 3.33. The van der Waals surface area contributed by atoms with Crippen LogP contribution in [-0.2, 0) is 7.05 Å². The van der Waals surface area contributed by atoms with Gasteiger partial charge in [0.25, 0.3) is 0 Å². The van der Waals surface area contributed by atoms with E-state index >= 15 is 0 Å². The molecule has 2 aromatic rings. The number of rotatable bonds is 2. The summed E-state index contributed by atoms with van der Waals surface area (Å²) in [4.78, 5) is 6.58. The smallest absolute Gasteiger partial charge is 0.184 e. The number of methoxy groups -OCH3 is 1. The van der Waals surface area contributed by atoms with Gasteiger partial charge in [-0.15, -0.1) is 11.3 Å². The first kappa shape index (κ1) is 11.9. The van der Waals surface area contributed by atoms with Crippen LogP contribution in [0.1, 0.15) is 4.88 Å². The van der Waals surface area contributed by atoms with Crippen molar-refractivity contribution in [1.29, 1.82) is 0 Å². The summed E-state index contributed by atoms with van der Waals surface area (Å²) in [6.07, 6.45) is 0. The Bertz CT molecular complexity index is 578. The summed E-state index contributed by atoms with van der Waals surface area (Å²) >= 11 is 1.71. The predicted molar refractivity (Wildman–Crippen MR) is 71.5 cm³/mol. The fraction of sp³-hybridized carbons (Fsp3) is 0.308. The van der Waals surface area contributed by atoms with Crippen molar-refractivity contribution in [2.75, 3.05) is 14.2 Å². The molecule has 0 radical (unpaired) electrons. The summed E-state index contributed by atoms with van der Waals surface area (Å²) < 4.78 is 7.30. The van der Waals surface area contributed by atoms with Crippen LogP contribution in [0.25, 0.3) is 11.3 Å². The molecule has 0 saturated carbocycles. The number of aryl methyl sites for hydroxylation is 1. The average Bonchev–Trinajstić information content (AvgIpc) is 2.64. The fourth-order valence-corrected chi connectivity index (χ4v) is 2.87. The molecule has 17 heavy (non-hydrogen) atoms. The SMILES string of the molecule is CN=c1sc(C)c(-c2ccc(OC)cc2)n1C. The van der Waals surface area contributed by atoms with Gasteiger partial charge in [-0.2, -0.15) is 0 Å². The van der Waals surface area contributed by atoms with Gasteiger partial charge in [-0.25, -0.2) is 0 Å². The number of benzene rings is 1. The van der Waals surface area contributed by atoms with Gasteiger partial charge in [0, 0.05) is 19.0 Å². The maximum absolute atomic E-state index is 5.17. The summed E-state index contributed by atoms with van der Waals surface area (Å²) in [5.74, 6) is 0.879. The molecule has 0 amide bonds. The molecule has 0 saturated heterocycles. The second kappa shape index (κ2) is 4.75. The highest BCUT2D eigenvalue weighted by Crippen LogP contribution is 2.26. The molecule has 0 aliphatic rings. The standard InChI is InChI=1S/C13H16N2OS/c1-9-12(15(3)13(14-2)17-9)10-5-7-11(16-4)8-6-10/h5-8H,1-4H3. The predicted octanol–water partition coefficient (Wildman–Crippen LogP) is 2.60. The Morgan fingerprint density at radius 3 is 2.35 bits per heavy atom. The van der Waals surface area contributed by atoms with Crippen LogP contribution in [0.5, 0.6) is 5.75 Å². The van der Waals surface area contributed by atoms with Crippen LogP contribution in [0.2, 0.25) is 0 Å². The Hall–Kier alpha value is -1.55. The molecule has 0 N–H and O–H groups in total. The Morgan fingerprint density at radius 2 is 1.88 bits per heavy atom. The Balaban J connectivity index is 2.56. The maximum Gasteiger partial charge on any atom is 0.184 e. The molecule has 1 heterocycles. The van der Waals surface area contributed by atoms with Crippen molar-refractivity contribution in [3.63, 3.8) is 0 Å². The van der Waals surface area contributed by atoms with Crippen LogP contribution >= 0.6 is 11.3 Å². The van der Waals surface area contributed by atoms with Crippen molar-refractivity contribution in [2.45, 2.75) is 6.92 Å². The van der Waals surface area contributed by atoms with Gasteiger partial charge in [0.05, 0.1) is 12.8 Å². The molecule has 0 atom stereocenters. The minimum absolute atomic E-state index is 0.879. The summed E-state index contributed by atoms with van der Waals surface area (Å²) in [5.41, 5.74) is 2.41. The third-order valence-electron chi connectivity index (χ3n) is 2.75. The van der Waals surface area contributed by atoms with Gasteiger partial charge in [-0.3, -0.25) is 4.99 Å². The molecule has 4 heteroatoms. The Morgan fingerprint density at radius 1 is 1.24 bits per heavy atom. The number of thiazole rings is 1. The molecule has 0 bridgehead atoms. The first-order valence-electron chi connectivity index (χ1n) is 5.41. The van der Waals surface area contributed by atoms with Crippen molar-refractivity contribution in [3.8, 4) is 17.0 Å². The van der Waals surface area contributed by atoms with E-state index in [9.17, 15) is 0 Å². The normalized spacial score (nSPS) is 11.9. The highest BCUT2D eigenvalue weighted by Gasteiger charge is 2.09. The summed E-state index contributed by atoms with van der Waals surface area (Å²) in [6.45, 7) is 2.12. The molecule has 90 valence electrons. The van der Waals surface area contributed by atoms with E-state index in [1.165, 1.54) is 16.1 Å². The average molecular weight is 248 g/mol. The molecular formula is C13H16N2OS. The second-order valence-electron chi connectivity index (χ2n) is 3.80. The van der Waals surface area contributed by atoms with E-state index in [1.54, 1.807) is 18.4 Å². The largest absolute Gasteiger partial charge is 0.497 e. The van der Waals surface area contributed by atoms with E-state index in [1.807, 2.05) is 26.2 Å². The van der Waals surface area contributed by atoms with Crippen molar-refractivity contribution in [3.05, 3.63) is 33.9 Å². The quantitative estimate of drug-likeness (QED) is 0.802. The number of hydrogen-bond acceptors (Lipinski definition) is 3. The number of ether oxygens (including phenoxy) is 1. The zero-order chi connectivity index (χ0) is 12.4. The maximum atomic E-state index is 5.17. The van der Waals surface area contributed by atoms with E-state index in [2.05, 4.69) is 28.6 Å². The topological polar surface area (TPSA) is 26.5 Å².